The molecule has 2 fully saturated rings. The van der Waals surface area contributed by atoms with Crippen LogP contribution in [0, 0.1) is 5.92 Å². The number of morpholine rings is 1. The van der Waals surface area contributed by atoms with E-state index in [2.05, 4.69) is 34.0 Å². The molecule has 0 spiro atoms. The second-order valence-electron chi connectivity index (χ2n) is 9.06. The Morgan fingerprint density at radius 1 is 1.31 bits per heavy atom. The summed E-state index contributed by atoms with van der Waals surface area (Å²) in [5.41, 5.74) is 2.45. The van der Waals surface area contributed by atoms with Gasteiger partial charge in [0, 0.05) is 49.0 Å². The van der Waals surface area contributed by atoms with Gasteiger partial charge in [0.05, 0.1) is 25.1 Å². The lowest BCUT2D eigenvalue weighted by Gasteiger charge is -2.35. The van der Waals surface area contributed by atoms with Gasteiger partial charge in [-0.1, -0.05) is 0 Å². The third-order valence-electron chi connectivity index (χ3n) is 6.22. The van der Waals surface area contributed by atoms with Crippen LogP contribution in [0.2, 0.25) is 0 Å². The summed E-state index contributed by atoms with van der Waals surface area (Å²) in [5, 5.41) is 7.97. The van der Waals surface area contributed by atoms with Crippen LogP contribution in [0.15, 0.2) is 18.6 Å². The third kappa shape index (κ3) is 3.67. The minimum Gasteiger partial charge on any atom is -0.379 e. The Balaban J connectivity index is 1.41. The summed E-state index contributed by atoms with van der Waals surface area (Å²) in [6, 6.07) is 0. The van der Waals surface area contributed by atoms with Crippen molar-refractivity contribution in [3.63, 3.8) is 0 Å². The van der Waals surface area contributed by atoms with Gasteiger partial charge in [-0.15, -0.1) is 0 Å². The van der Waals surface area contributed by atoms with Crippen molar-refractivity contribution in [2.45, 2.75) is 44.6 Å². The number of nitrogens with zero attached hydrogens (tertiary/aromatic N) is 5. The number of amides is 1. The van der Waals surface area contributed by atoms with Crippen LogP contribution in [0.3, 0.4) is 0 Å². The number of rotatable bonds is 5. The Kier molecular flexibility index (Phi) is 4.63. The molecule has 0 unspecified atom stereocenters. The fourth-order valence-electron chi connectivity index (χ4n) is 4.80. The predicted molar refractivity (Wildman–Crippen MR) is 107 cm³/mol. The summed E-state index contributed by atoms with van der Waals surface area (Å²) in [6.45, 7) is 8.25. The van der Waals surface area contributed by atoms with Crippen LogP contribution in [0.25, 0.3) is 5.82 Å². The van der Waals surface area contributed by atoms with Crippen LogP contribution in [-0.2, 0) is 11.2 Å². The van der Waals surface area contributed by atoms with Crippen molar-refractivity contribution in [3.8, 4) is 5.82 Å². The second kappa shape index (κ2) is 7.18. The number of aromatic nitrogens is 4. The van der Waals surface area contributed by atoms with E-state index in [0.717, 1.165) is 62.9 Å². The van der Waals surface area contributed by atoms with E-state index in [-0.39, 0.29) is 11.4 Å². The molecule has 0 bridgehead atoms. The molecule has 5 rings (SSSR count). The molecule has 2 atom stereocenters. The van der Waals surface area contributed by atoms with Crippen LogP contribution >= 0.6 is 0 Å². The van der Waals surface area contributed by atoms with Gasteiger partial charge in [-0.05, 0) is 39.0 Å². The number of carbonyl (C=O) groups excluding carboxylic acids is 1. The van der Waals surface area contributed by atoms with Gasteiger partial charge in [0.1, 0.15) is 0 Å². The number of hydrogen-bond donors (Lipinski definition) is 1. The van der Waals surface area contributed by atoms with Crippen molar-refractivity contribution in [1.29, 1.82) is 0 Å². The number of fused-ring (bicyclic) bond motifs is 3. The average Bonchev–Trinajstić information content (AvgIpc) is 3.40. The van der Waals surface area contributed by atoms with E-state index in [1.807, 2.05) is 4.68 Å². The topological polar surface area (TPSA) is 85.2 Å². The highest BCUT2D eigenvalue weighted by atomic mass is 16.5. The van der Waals surface area contributed by atoms with Gasteiger partial charge >= 0.3 is 0 Å². The van der Waals surface area contributed by atoms with Crippen molar-refractivity contribution in [1.82, 2.24) is 30.0 Å². The fraction of sp³-hybridized carbons (Fsp3) is 0.619. The molecule has 1 N–H and O–H groups in total. The molecule has 8 heteroatoms. The predicted octanol–water partition coefficient (Wildman–Crippen LogP) is 1.55. The van der Waals surface area contributed by atoms with Crippen molar-refractivity contribution < 1.29 is 9.53 Å². The quantitative estimate of drug-likeness (QED) is 0.826. The standard InChI is InChI=1S/C21H28N6O2/c1-21(2,13-26-7-9-29-10-8-26)24-20(28)18-15-4-3-14-11-16(14)19(15)27(25-18)17-12-22-5-6-23-17/h5-6,12,14,16H,3-4,7-11,13H2,1-2H3,(H,24,28)/t14-,16+/m1/s1. The summed E-state index contributed by atoms with van der Waals surface area (Å²) in [7, 11) is 0. The molecule has 0 radical (unpaired) electrons. The molecular weight excluding hydrogens is 368 g/mol. The molecular formula is C21H28N6O2. The Bertz CT molecular complexity index is 903. The van der Waals surface area contributed by atoms with Crippen molar-refractivity contribution in [2.75, 3.05) is 32.8 Å². The molecule has 1 amide bonds. The van der Waals surface area contributed by atoms with E-state index in [1.165, 1.54) is 6.42 Å². The number of nitrogens with one attached hydrogen (secondary N) is 1. The van der Waals surface area contributed by atoms with E-state index in [4.69, 9.17) is 9.84 Å². The van der Waals surface area contributed by atoms with Crippen molar-refractivity contribution in [3.05, 3.63) is 35.5 Å². The van der Waals surface area contributed by atoms with Gasteiger partial charge in [-0.3, -0.25) is 14.7 Å². The molecule has 3 heterocycles. The third-order valence-corrected chi connectivity index (χ3v) is 6.22. The zero-order chi connectivity index (χ0) is 20.0. The maximum absolute atomic E-state index is 13.3. The Hall–Kier alpha value is -2.32. The SMILES string of the molecule is CC(C)(CN1CCOCC1)NC(=O)c1nn(-c2cnccn2)c2c1CC[C@@H]1C[C@H]21. The summed E-state index contributed by atoms with van der Waals surface area (Å²) < 4.78 is 7.29. The molecule has 154 valence electrons. The number of ether oxygens (including phenoxy) is 1. The van der Waals surface area contributed by atoms with Gasteiger partial charge in [0.2, 0.25) is 0 Å². The van der Waals surface area contributed by atoms with Crippen LogP contribution in [0.5, 0.6) is 0 Å². The maximum atomic E-state index is 13.3. The lowest BCUT2D eigenvalue weighted by Crippen LogP contribution is -2.53. The molecule has 2 aromatic heterocycles. The van der Waals surface area contributed by atoms with Gasteiger partial charge in [0.15, 0.2) is 11.5 Å². The lowest BCUT2D eigenvalue weighted by molar-refractivity contribution is 0.0268. The molecule has 1 saturated carbocycles. The van der Waals surface area contributed by atoms with Gasteiger partial charge < -0.3 is 10.1 Å². The molecule has 8 nitrogen and oxygen atoms in total. The Morgan fingerprint density at radius 2 is 2.14 bits per heavy atom. The monoisotopic (exact) mass is 396 g/mol. The molecule has 1 aliphatic heterocycles. The summed E-state index contributed by atoms with van der Waals surface area (Å²) in [6.07, 6.45) is 8.26. The summed E-state index contributed by atoms with van der Waals surface area (Å²) in [5.74, 6) is 1.81. The highest BCUT2D eigenvalue weighted by Crippen LogP contribution is 2.55. The first-order valence-electron chi connectivity index (χ1n) is 10.5. The minimum absolute atomic E-state index is 0.0961. The first kappa shape index (κ1) is 18.7. The average molecular weight is 396 g/mol. The summed E-state index contributed by atoms with van der Waals surface area (Å²) in [4.78, 5) is 24.2. The lowest BCUT2D eigenvalue weighted by atomic mass is 9.95. The van der Waals surface area contributed by atoms with Crippen LogP contribution in [0.1, 0.15) is 54.4 Å². The molecule has 2 aliphatic carbocycles. The van der Waals surface area contributed by atoms with Gasteiger partial charge in [-0.2, -0.15) is 5.10 Å². The molecule has 1 saturated heterocycles. The van der Waals surface area contributed by atoms with Crippen LogP contribution < -0.4 is 5.32 Å². The smallest absolute Gasteiger partial charge is 0.272 e. The minimum atomic E-state index is -0.353. The van der Waals surface area contributed by atoms with E-state index in [9.17, 15) is 4.79 Å². The first-order chi connectivity index (χ1) is 14.0. The summed E-state index contributed by atoms with van der Waals surface area (Å²) >= 11 is 0. The molecule has 2 aromatic rings. The van der Waals surface area contributed by atoms with E-state index >= 15 is 0 Å². The second-order valence-corrected chi connectivity index (χ2v) is 9.06. The van der Waals surface area contributed by atoms with Crippen molar-refractivity contribution in [2.24, 2.45) is 5.92 Å². The number of hydrogen-bond acceptors (Lipinski definition) is 6. The van der Waals surface area contributed by atoms with E-state index in [1.54, 1.807) is 18.6 Å². The molecule has 0 aromatic carbocycles. The largest absolute Gasteiger partial charge is 0.379 e. The van der Waals surface area contributed by atoms with Crippen LogP contribution in [-0.4, -0.2) is 68.9 Å². The highest BCUT2D eigenvalue weighted by molar-refractivity contribution is 5.94. The first-order valence-corrected chi connectivity index (χ1v) is 10.5. The highest BCUT2D eigenvalue weighted by Gasteiger charge is 2.47. The van der Waals surface area contributed by atoms with Crippen molar-refractivity contribution >= 4 is 5.91 Å². The Morgan fingerprint density at radius 3 is 2.90 bits per heavy atom. The fourth-order valence-corrected chi connectivity index (χ4v) is 4.80. The van der Waals surface area contributed by atoms with Gasteiger partial charge in [0.25, 0.3) is 5.91 Å². The van der Waals surface area contributed by atoms with Crippen LogP contribution in [0.4, 0.5) is 0 Å². The maximum Gasteiger partial charge on any atom is 0.272 e. The molecule has 29 heavy (non-hydrogen) atoms. The number of carbonyl (C=O) groups is 1. The zero-order valence-corrected chi connectivity index (χ0v) is 17.1. The van der Waals surface area contributed by atoms with Gasteiger partial charge in [-0.25, -0.2) is 9.67 Å². The normalized spacial score (nSPS) is 23.9. The van der Waals surface area contributed by atoms with E-state index < -0.39 is 0 Å². The van der Waals surface area contributed by atoms with E-state index in [0.29, 0.717) is 17.4 Å². The Labute approximate surface area is 170 Å². The molecule has 3 aliphatic rings. The zero-order valence-electron chi connectivity index (χ0n) is 17.1.